The van der Waals surface area contributed by atoms with E-state index in [2.05, 4.69) is 5.32 Å². The van der Waals surface area contributed by atoms with Crippen LogP contribution in [0.25, 0.3) is 10.9 Å². The van der Waals surface area contributed by atoms with Crippen molar-refractivity contribution in [3.63, 3.8) is 0 Å². The molecule has 4 rings (SSSR count). The number of carboxylic acids is 1. The second kappa shape index (κ2) is 6.57. The minimum Gasteiger partial charge on any atom is -0.478 e. The van der Waals surface area contributed by atoms with E-state index in [4.69, 9.17) is 16.6 Å². The van der Waals surface area contributed by atoms with E-state index < -0.39 is 11.8 Å². The first-order chi connectivity index (χ1) is 12.5. The van der Waals surface area contributed by atoms with E-state index in [0.29, 0.717) is 11.2 Å². The minimum absolute atomic E-state index is 0.0513. The van der Waals surface area contributed by atoms with Gasteiger partial charge in [-0.1, -0.05) is 11.6 Å². The Morgan fingerprint density at radius 1 is 1.15 bits per heavy atom. The van der Waals surface area contributed by atoms with Crippen LogP contribution in [-0.2, 0) is 12.8 Å². The summed E-state index contributed by atoms with van der Waals surface area (Å²) >= 11 is 5.90. The average Bonchev–Trinajstić information content (AvgIpc) is 2.64. The Balaban J connectivity index is 1.90. The van der Waals surface area contributed by atoms with Crippen molar-refractivity contribution in [2.45, 2.75) is 25.7 Å². The van der Waals surface area contributed by atoms with Crippen LogP contribution < -0.4 is 5.32 Å². The lowest BCUT2D eigenvalue weighted by atomic mass is 9.92. The van der Waals surface area contributed by atoms with Gasteiger partial charge in [-0.2, -0.15) is 0 Å². The maximum Gasteiger partial charge on any atom is 0.335 e. The zero-order chi connectivity index (χ0) is 18.3. The molecule has 0 amide bonds. The molecule has 132 valence electrons. The molecule has 0 aliphatic heterocycles. The van der Waals surface area contributed by atoms with Gasteiger partial charge in [0.25, 0.3) is 0 Å². The van der Waals surface area contributed by atoms with Gasteiger partial charge in [0.15, 0.2) is 0 Å². The normalized spacial score (nSPS) is 13.5. The van der Waals surface area contributed by atoms with Gasteiger partial charge in [-0.25, -0.2) is 9.18 Å². The maximum atomic E-state index is 13.5. The number of nitrogens with zero attached hydrogens (tertiary/aromatic N) is 1. The van der Waals surface area contributed by atoms with Crippen molar-refractivity contribution >= 4 is 39.8 Å². The standard InChI is InChI=1S/C20H16ClFN2O2/c21-15-10-12(6-8-16(15)22)23-19-13-3-1-2-4-17(13)24-18-9-11(20(25)26)5-7-14(18)19/h5-10H,1-4H2,(H,23,24)(H,25,26). The predicted molar refractivity (Wildman–Crippen MR) is 100 cm³/mol. The number of carbonyl (C=O) groups is 1. The summed E-state index contributed by atoms with van der Waals surface area (Å²) in [6.45, 7) is 0. The zero-order valence-electron chi connectivity index (χ0n) is 13.9. The van der Waals surface area contributed by atoms with Gasteiger partial charge < -0.3 is 10.4 Å². The van der Waals surface area contributed by atoms with Crippen molar-refractivity contribution < 1.29 is 14.3 Å². The smallest absolute Gasteiger partial charge is 0.335 e. The van der Waals surface area contributed by atoms with Gasteiger partial charge in [-0.3, -0.25) is 4.98 Å². The fourth-order valence-corrected chi connectivity index (χ4v) is 3.60. The number of fused-ring (bicyclic) bond motifs is 2. The second-order valence-corrected chi connectivity index (χ2v) is 6.82. The number of hydrogen-bond donors (Lipinski definition) is 2. The van der Waals surface area contributed by atoms with Crippen LogP contribution in [0.2, 0.25) is 5.02 Å². The summed E-state index contributed by atoms with van der Waals surface area (Å²) in [5, 5.41) is 13.5. The summed E-state index contributed by atoms with van der Waals surface area (Å²) in [6.07, 6.45) is 3.90. The Hall–Kier alpha value is -2.66. The number of nitrogens with one attached hydrogen (secondary N) is 1. The number of carboxylic acid groups (broad SMARTS) is 1. The van der Waals surface area contributed by atoms with E-state index >= 15 is 0 Å². The van der Waals surface area contributed by atoms with Gasteiger partial charge >= 0.3 is 5.97 Å². The third-order valence-corrected chi connectivity index (χ3v) is 4.99. The van der Waals surface area contributed by atoms with Crippen LogP contribution in [0.5, 0.6) is 0 Å². The third kappa shape index (κ3) is 2.99. The van der Waals surface area contributed by atoms with Crippen LogP contribution >= 0.6 is 11.6 Å². The molecule has 0 bridgehead atoms. The van der Waals surface area contributed by atoms with Crippen molar-refractivity contribution in [3.05, 3.63) is 64.1 Å². The van der Waals surface area contributed by atoms with Crippen molar-refractivity contribution in [1.82, 2.24) is 4.98 Å². The molecule has 26 heavy (non-hydrogen) atoms. The Labute approximate surface area is 154 Å². The molecular weight excluding hydrogens is 355 g/mol. The van der Waals surface area contributed by atoms with Gasteiger partial charge in [0, 0.05) is 16.8 Å². The summed E-state index contributed by atoms with van der Waals surface area (Å²) in [5.41, 5.74) is 4.54. The van der Waals surface area contributed by atoms with E-state index in [9.17, 15) is 14.3 Å². The largest absolute Gasteiger partial charge is 0.478 e. The summed E-state index contributed by atoms with van der Waals surface area (Å²) in [4.78, 5) is 16.0. The molecule has 1 aromatic heterocycles. The highest BCUT2D eigenvalue weighted by atomic mass is 35.5. The molecular formula is C20H16ClFN2O2. The number of aromatic nitrogens is 1. The molecule has 2 aromatic carbocycles. The first kappa shape index (κ1) is 16.8. The number of benzene rings is 2. The lowest BCUT2D eigenvalue weighted by Gasteiger charge is -2.22. The molecule has 4 nitrogen and oxygen atoms in total. The fourth-order valence-electron chi connectivity index (χ4n) is 3.42. The monoisotopic (exact) mass is 370 g/mol. The first-order valence-corrected chi connectivity index (χ1v) is 8.81. The van der Waals surface area contributed by atoms with Gasteiger partial charge in [0.1, 0.15) is 5.82 Å². The highest BCUT2D eigenvalue weighted by Gasteiger charge is 2.19. The summed E-state index contributed by atoms with van der Waals surface area (Å²) < 4.78 is 13.5. The number of halogens is 2. The Morgan fingerprint density at radius 2 is 1.96 bits per heavy atom. The molecule has 2 N–H and O–H groups in total. The summed E-state index contributed by atoms with van der Waals surface area (Å²) in [5.74, 6) is -1.45. The number of aryl methyl sites for hydroxylation is 1. The topological polar surface area (TPSA) is 62.2 Å². The van der Waals surface area contributed by atoms with E-state index in [-0.39, 0.29) is 10.6 Å². The van der Waals surface area contributed by atoms with E-state index in [0.717, 1.165) is 48.0 Å². The lowest BCUT2D eigenvalue weighted by molar-refractivity contribution is 0.0697. The molecule has 1 heterocycles. The zero-order valence-corrected chi connectivity index (χ0v) is 14.6. The summed E-state index contributed by atoms with van der Waals surface area (Å²) in [6, 6.07) is 9.44. The predicted octanol–water partition coefficient (Wildman–Crippen LogP) is 5.35. The lowest BCUT2D eigenvalue weighted by Crippen LogP contribution is -2.10. The highest BCUT2D eigenvalue weighted by Crippen LogP contribution is 2.36. The number of rotatable bonds is 3. The van der Waals surface area contributed by atoms with Crippen LogP contribution in [-0.4, -0.2) is 16.1 Å². The van der Waals surface area contributed by atoms with E-state index in [1.807, 2.05) is 0 Å². The van der Waals surface area contributed by atoms with Crippen LogP contribution in [0.3, 0.4) is 0 Å². The van der Waals surface area contributed by atoms with Gasteiger partial charge in [-0.15, -0.1) is 0 Å². The fraction of sp³-hybridized carbons (Fsp3) is 0.200. The van der Waals surface area contributed by atoms with Crippen LogP contribution in [0.4, 0.5) is 15.8 Å². The maximum absolute atomic E-state index is 13.5. The second-order valence-electron chi connectivity index (χ2n) is 6.41. The Bertz CT molecular complexity index is 1040. The minimum atomic E-state index is -0.980. The van der Waals surface area contributed by atoms with Crippen molar-refractivity contribution in [2.75, 3.05) is 5.32 Å². The van der Waals surface area contributed by atoms with Crippen LogP contribution in [0.15, 0.2) is 36.4 Å². The summed E-state index contributed by atoms with van der Waals surface area (Å²) in [7, 11) is 0. The molecule has 3 aromatic rings. The molecule has 1 aliphatic carbocycles. The van der Waals surface area contributed by atoms with Crippen molar-refractivity contribution in [1.29, 1.82) is 0 Å². The van der Waals surface area contributed by atoms with Crippen LogP contribution in [0.1, 0.15) is 34.5 Å². The SMILES string of the molecule is O=C(O)c1ccc2c(Nc3ccc(F)c(Cl)c3)c3c(nc2c1)CCCC3. The van der Waals surface area contributed by atoms with Gasteiger partial charge in [0.05, 0.1) is 21.8 Å². The number of anilines is 2. The number of hydrogen-bond acceptors (Lipinski definition) is 3. The Morgan fingerprint density at radius 3 is 2.73 bits per heavy atom. The molecule has 0 radical (unpaired) electrons. The number of pyridine rings is 1. The molecule has 6 heteroatoms. The molecule has 0 atom stereocenters. The third-order valence-electron chi connectivity index (χ3n) is 4.70. The Kier molecular flexibility index (Phi) is 4.24. The molecule has 0 unspecified atom stereocenters. The van der Waals surface area contributed by atoms with Gasteiger partial charge in [-0.05, 0) is 67.6 Å². The van der Waals surface area contributed by atoms with E-state index in [1.54, 1.807) is 30.3 Å². The van der Waals surface area contributed by atoms with Gasteiger partial charge in [0.2, 0.25) is 0 Å². The average molecular weight is 371 g/mol. The highest BCUT2D eigenvalue weighted by molar-refractivity contribution is 6.31. The molecule has 0 saturated carbocycles. The van der Waals surface area contributed by atoms with E-state index in [1.165, 1.54) is 6.07 Å². The molecule has 1 aliphatic rings. The van der Waals surface area contributed by atoms with Crippen LogP contribution in [0, 0.1) is 5.82 Å². The molecule has 0 saturated heterocycles. The van der Waals surface area contributed by atoms with Crippen molar-refractivity contribution in [3.8, 4) is 0 Å². The first-order valence-electron chi connectivity index (χ1n) is 8.44. The molecule has 0 spiro atoms. The molecule has 0 fully saturated rings. The quantitative estimate of drug-likeness (QED) is 0.652. The number of aromatic carboxylic acids is 1. The van der Waals surface area contributed by atoms with Crippen molar-refractivity contribution in [2.24, 2.45) is 0 Å².